The number of fused-ring (bicyclic) bond motifs is 1. The Labute approximate surface area is 143 Å². The molecule has 1 aliphatic rings. The molecule has 0 aliphatic carbocycles. The van der Waals surface area contributed by atoms with Gasteiger partial charge in [0, 0.05) is 18.5 Å². The zero-order valence-corrected chi connectivity index (χ0v) is 13.4. The summed E-state index contributed by atoms with van der Waals surface area (Å²) in [5, 5.41) is 5.35. The standard InChI is InChI=1S/C18H18F2N2O3/c19-17(20)25-16-8-4-2-6-13(16)10-21-18(23)22-11-14-9-12-5-1-3-7-15(12)24-14/h1-8,14,17H,9-11H2,(H2,21,22,23). The van der Waals surface area contributed by atoms with Gasteiger partial charge in [0.05, 0.1) is 6.54 Å². The summed E-state index contributed by atoms with van der Waals surface area (Å²) in [5.74, 6) is 0.889. The number of amides is 2. The number of ether oxygens (including phenoxy) is 2. The Balaban J connectivity index is 1.45. The Bertz CT molecular complexity index is 715. The van der Waals surface area contributed by atoms with E-state index in [-0.39, 0.29) is 18.4 Å². The monoisotopic (exact) mass is 348 g/mol. The van der Waals surface area contributed by atoms with Gasteiger partial charge in [0.25, 0.3) is 0 Å². The van der Waals surface area contributed by atoms with E-state index in [1.807, 2.05) is 24.3 Å². The van der Waals surface area contributed by atoms with Crippen molar-refractivity contribution in [3.8, 4) is 11.5 Å². The number of alkyl halides is 2. The maximum absolute atomic E-state index is 12.4. The van der Waals surface area contributed by atoms with E-state index >= 15 is 0 Å². The number of halogens is 2. The van der Waals surface area contributed by atoms with Crippen LogP contribution in [0.3, 0.4) is 0 Å². The van der Waals surface area contributed by atoms with Gasteiger partial charge in [0.2, 0.25) is 0 Å². The van der Waals surface area contributed by atoms with E-state index in [1.165, 1.54) is 6.07 Å². The maximum Gasteiger partial charge on any atom is 0.387 e. The minimum Gasteiger partial charge on any atom is -0.488 e. The summed E-state index contributed by atoms with van der Waals surface area (Å²) in [6.07, 6.45) is 0.624. The average Bonchev–Trinajstić information content (AvgIpc) is 3.01. The molecule has 0 fully saturated rings. The van der Waals surface area contributed by atoms with Gasteiger partial charge in [0.1, 0.15) is 17.6 Å². The highest BCUT2D eigenvalue weighted by molar-refractivity contribution is 5.74. The molecule has 1 heterocycles. The van der Waals surface area contributed by atoms with Crippen molar-refractivity contribution >= 4 is 6.03 Å². The van der Waals surface area contributed by atoms with Crippen LogP contribution in [0.25, 0.3) is 0 Å². The number of rotatable bonds is 6. The molecule has 1 atom stereocenters. The van der Waals surface area contributed by atoms with Gasteiger partial charge >= 0.3 is 12.6 Å². The fraction of sp³-hybridized carbons (Fsp3) is 0.278. The van der Waals surface area contributed by atoms with Crippen LogP contribution in [0.15, 0.2) is 48.5 Å². The Morgan fingerprint density at radius 2 is 1.92 bits per heavy atom. The Morgan fingerprint density at radius 1 is 1.16 bits per heavy atom. The number of para-hydroxylation sites is 2. The van der Waals surface area contributed by atoms with Gasteiger partial charge in [-0.05, 0) is 17.7 Å². The molecule has 132 valence electrons. The summed E-state index contributed by atoms with van der Waals surface area (Å²) in [7, 11) is 0. The zero-order valence-electron chi connectivity index (χ0n) is 13.4. The fourth-order valence-corrected chi connectivity index (χ4v) is 2.67. The minimum atomic E-state index is -2.91. The first-order valence-electron chi connectivity index (χ1n) is 7.91. The third-order valence-electron chi connectivity index (χ3n) is 3.83. The van der Waals surface area contributed by atoms with E-state index in [2.05, 4.69) is 15.4 Å². The number of benzene rings is 2. The van der Waals surface area contributed by atoms with Crippen molar-refractivity contribution in [1.82, 2.24) is 10.6 Å². The lowest BCUT2D eigenvalue weighted by molar-refractivity contribution is -0.0504. The molecule has 5 nitrogen and oxygen atoms in total. The van der Waals surface area contributed by atoms with Gasteiger partial charge in [0.15, 0.2) is 0 Å². The molecule has 25 heavy (non-hydrogen) atoms. The van der Waals surface area contributed by atoms with Crippen molar-refractivity contribution < 1.29 is 23.0 Å². The molecule has 2 aromatic rings. The molecular formula is C18H18F2N2O3. The smallest absolute Gasteiger partial charge is 0.387 e. The Morgan fingerprint density at radius 3 is 2.72 bits per heavy atom. The molecule has 1 aliphatic heterocycles. The van der Waals surface area contributed by atoms with E-state index in [0.717, 1.165) is 17.7 Å². The van der Waals surface area contributed by atoms with Crippen LogP contribution in [-0.4, -0.2) is 25.3 Å². The third-order valence-corrected chi connectivity index (χ3v) is 3.83. The van der Waals surface area contributed by atoms with E-state index in [4.69, 9.17) is 4.74 Å². The third kappa shape index (κ3) is 4.59. The molecule has 0 bridgehead atoms. The van der Waals surface area contributed by atoms with E-state index < -0.39 is 12.6 Å². The molecule has 0 radical (unpaired) electrons. The van der Waals surface area contributed by atoms with E-state index in [1.54, 1.807) is 18.2 Å². The number of carbonyl (C=O) groups is 1. The summed E-state index contributed by atoms with van der Waals surface area (Å²) in [4.78, 5) is 11.9. The van der Waals surface area contributed by atoms with Gasteiger partial charge in [-0.3, -0.25) is 0 Å². The molecule has 0 aromatic heterocycles. The topological polar surface area (TPSA) is 59.6 Å². The zero-order chi connectivity index (χ0) is 17.6. The molecule has 7 heteroatoms. The van der Waals surface area contributed by atoms with Crippen LogP contribution < -0.4 is 20.1 Å². The largest absolute Gasteiger partial charge is 0.488 e. The molecule has 2 aromatic carbocycles. The molecule has 2 amide bonds. The number of nitrogens with one attached hydrogen (secondary N) is 2. The van der Waals surface area contributed by atoms with Crippen LogP contribution in [0.1, 0.15) is 11.1 Å². The number of carbonyl (C=O) groups excluding carboxylic acids is 1. The summed E-state index contributed by atoms with van der Waals surface area (Å²) in [6, 6.07) is 13.7. The van der Waals surface area contributed by atoms with Crippen molar-refractivity contribution in [3.05, 3.63) is 59.7 Å². The molecule has 1 unspecified atom stereocenters. The molecule has 0 spiro atoms. The van der Waals surface area contributed by atoms with Crippen molar-refractivity contribution in [2.45, 2.75) is 25.7 Å². The van der Waals surface area contributed by atoms with Crippen LogP contribution in [-0.2, 0) is 13.0 Å². The molecule has 0 saturated carbocycles. The van der Waals surface area contributed by atoms with Crippen molar-refractivity contribution in [3.63, 3.8) is 0 Å². The predicted octanol–water partition coefficient (Wildman–Crippen LogP) is 3.09. The predicted molar refractivity (Wildman–Crippen MR) is 87.9 cm³/mol. The van der Waals surface area contributed by atoms with Crippen LogP contribution in [0.4, 0.5) is 13.6 Å². The lowest BCUT2D eigenvalue weighted by Gasteiger charge is -2.14. The van der Waals surface area contributed by atoms with Crippen molar-refractivity contribution in [2.24, 2.45) is 0 Å². The molecular weight excluding hydrogens is 330 g/mol. The highest BCUT2D eigenvalue weighted by Crippen LogP contribution is 2.27. The van der Waals surface area contributed by atoms with Gasteiger partial charge in [-0.25, -0.2) is 4.79 Å². The van der Waals surface area contributed by atoms with Gasteiger partial charge in [-0.2, -0.15) is 8.78 Å². The number of hydrogen-bond acceptors (Lipinski definition) is 3. The van der Waals surface area contributed by atoms with Crippen molar-refractivity contribution in [2.75, 3.05) is 6.54 Å². The highest BCUT2D eigenvalue weighted by Gasteiger charge is 2.22. The number of hydrogen-bond donors (Lipinski definition) is 2. The normalized spacial score (nSPS) is 15.4. The number of urea groups is 1. The van der Waals surface area contributed by atoms with Crippen LogP contribution in [0, 0.1) is 0 Å². The highest BCUT2D eigenvalue weighted by atomic mass is 19.3. The first-order valence-corrected chi connectivity index (χ1v) is 7.91. The first kappa shape index (κ1) is 17.0. The quantitative estimate of drug-likeness (QED) is 0.843. The Kier molecular flexibility index (Phi) is 5.33. The lowest BCUT2D eigenvalue weighted by atomic mass is 10.1. The van der Waals surface area contributed by atoms with Crippen LogP contribution >= 0.6 is 0 Å². The van der Waals surface area contributed by atoms with E-state index in [0.29, 0.717) is 12.1 Å². The van der Waals surface area contributed by atoms with Crippen LogP contribution in [0.2, 0.25) is 0 Å². The second-order valence-corrected chi connectivity index (χ2v) is 5.60. The van der Waals surface area contributed by atoms with Crippen LogP contribution in [0.5, 0.6) is 11.5 Å². The van der Waals surface area contributed by atoms with Gasteiger partial charge < -0.3 is 20.1 Å². The second kappa shape index (κ2) is 7.83. The summed E-state index contributed by atoms with van der Waals surface area (Å²) in [6.45, 7) is -2.47. The van der Waals surface area contributed by atoms with Gasteiger partial charge in [-0.1, -0.05) is 36.4 Å². The SMILES string of the molecule is O=C(NCc1ccccc1OC(F)F)NCC1Cc2ccccc2O1. The first-order chi connectivity index (χ1) is 12.1. The molecule has 3 rings (SSSR count). The second-order valence-electron chi connectivity index (χ2n) is 5.60. The lowest BCUT2D eigenvalue weighted by Crippen LogP contribution is -2.40. The molecule has 0 saturated heterocycles. The fourth-order valence-electron chi connectivity index (χ4n) is 2.67. The maximum atomic E-state index is 12.4. The van der Waals surface area contributed by atoms with Crippen molar-refractivity contribution in [1.29, 1.82) is 0 Å². The molecule has 2 N–H and O–H groups in total. The minimum absolute atomic E-state index is 0.0485. The van der Waals surface area contributed by atoms with Gasteiger partial charge in [-0.15, -0.1) is 0 Å². The van der Waals surface area contributed by atoms with E-state index in [9.17, 15) is 13.6 Å². The summed E-state index contributed by atoms with van der Waals surface area (Å²) in [5.41, 5.74) is 1.59. The summed E-state index contributed by atoms with van der Waals surface area (Å²) < 4.78 is 34.9. The average molecular weight is 348 g/mol. The summed E-state index contributed by atoms with van der Waals surface area (Å²) >= 11 is 0. The Hall–Kier alpha value is -2.83.